The van der Waals surface area contributed by atoms with E-state index < -0.39 is 0 Å². The minimum absolute atomic E-state index is 0.369. The molecule has 0 aliphatic carbocycles. The number of hydrogen-bond donors (Lipinski definition) is 1. The Balaban J connectivity index is 1.93. The van der Waals surface area contributed by atoms with Gasteiger partial charge in [0.25, 0.3) is 0 Å². The van der Waals surface area contributed by atoms with Crippen LogP contribution in [0.2, 0.25) is 0 Å². The molecule has 0 saturated carbocycles. The summed E-state index contributed by atoms with van der Waals surface area (Å²) in [7, 11) is 0. The van der Waals surface area contributed by atoms with Gasteiger partial charge in [-0.1, -0.05) is 23.4 Å². The van der Waals surface area contributed by atoms with Gasteiger partial charge in [0.2, 0.25) is 0 Å². The van der Waals surface area contributed by atoms with Gasteiger partial charge in [-0.15, -0.1) is 10.2 Å². The van der Waals surface area contributed by atoms with Crippen molar-refractivity contribution in [1.29, 1.82) is 0 Å². The first-order valence-electron chi connectivity index (χ1n) is 5.31. The van der Waals surface area contributed by atoms with E-state index in [0.717, 1.165) is 5.69 Å². The molecule has 2 aromatic heterocycles. The molecule has 0 aliphatic rings. The van der Waals surface area contributed by atoms with Gasteiger partial charge in [-0.25, -0.2) is 4.68 Å². The highest BCUT2D eigenvalue weighted by Crippen LogP contribution is 2.08. The maximum absolute atomic E-state index is 5.50. The second kappa shape index (κ2) is 4.24. The summed E-state index contributed by atoms with van der Waals surface area (Å²) in [6, 6.07) is 9.64. The summed E-state index contributed by atoms with van der Waals surface area (Å²) < 4.78 is 3.23. The van der Waals surface area contributed by atoms with Crippen molar-refractivity contribution in [2.75, 3.05) is 5.73 Å². The van der Waals surface area contributed by atoms with E-state index >= 15 is 0 Å². The number of tetrazole rings is 1. The third-order valence-electron chi connectivity index (χ3n) is 2.39. The van der Waals surface area contributed by atoms with E-state index in [1.165, 1.54) is 0 Å². The van der Waals surface area contributed by atoms with Crippen molar-refractivity contribution >= 4 is 5.82 Å². The number of anilines is 1. The lowest BCUT2D eigenvalue weighted by Crippen LogP contribution is -2.09. The van der Waals surface area contributed by atoms with E-state index in [1.54, 1.807) is 15.6 Å². The van der Waals surface area contributed by atoms with Gasteiger partial charge in [-0.3, -0.25) is 0 Å². The third-order valence-corrected chi connectivity index (χ3v) is 2.39. The lowest BCUT2D eigenvalue weighted by atomic mass is 10.3. The van der Waals surface area contributed by atoms with Crippen LogP contribution in [0, 0.1) is 0 Å². The van der Waals surface area contributed by atoms with Gasteiger partial charge < -0.3 is 5.73 Å². The number of nitrogens with two attached hydrogens (primary N) is 1. The molecule has 0 fully saturated rings. The molecule has 0 aliphatic heterocycles. The Morgan fingerprint density at radius 3 is 2.61 bits per heavy atom. The lowest BCUT2D eigenvalue weighted by Gasteiger charge is -2.03. The number of nitrogens with zero attached hydrogens (tertiary/aromatic N) is 7. The average Bonchev–Trinajstić information content (AvgIpc) is 3.00. The maximum atomic E-state index is 5.50. The molecule has 2 heterocycles. The molecule has 18 heavy (non-hydrogen) atoms. The summed E-state index contributed by atoms with van der Waals surface area (Å²) in [5.74, 6) is 1.03. The van der Waals surface area contributed by atoms with Gasteiger partial charge in [0.1, 0.15) is 6.54 Å². The summed E-state index contributed by atoms with van der Waals surface area (Å²) in [6.07, 6.45) is 1.63. The van der Waals surface area contributed by atoms with Crippen molar-refractivity contribution in [1.82, 2.24) is 35.2 Å². The Morgan fingerprint density at radius 2 is 1.89 bits per heavy atom. The second-order valence-electron chi connectivity index (χ2n) is 3.68. The normalized spacial score (nSPS) is 10.7. The Bertz CT molecular complexity index is 641. The van der Waals surface area contributed by atoms with Gasteiger partial charge in [-0.05, 0) is 22.6 Å². The van der Waals surface area contributed by atoms with E-state index in [-0.39, 0.29) is 0 Å². The van der Waals surface area contributed by atoms with Crippen LogP contribution in [0.1, 0.15) is 5.82 Å². The molecule has 1 aromatic carbocycles. The molecule has 8 nitrogen and oxygen atoms in total. The van der Waals surface area contributed by atoms with E-state index in [4.69, 9.17) is 5.73 Å². The maximum Gasteiger partial charge on any atom is 0.178 e. The summed E-state index contributed by atoms with van der Waals surface area (Å²) in [5, 5.41) is 19.2. The van der Waals surface area contributed by atoms with Crippen molar-refractivity contribution in [2.24, 2.45) is 0 Å². The molecule has 0 amide bonds. The van der Waals surface area contributed by atoms with Crippen molar-refractivity contribution < 1.29 is 0 Å². The molecule has 90 valence electrons. The molecule has 0 spiro atoms. The first-order chi connectivity index (χ1) is 8.83. The minimum atomic E-state index is 0.369. The van der Waals surface area contributed by atoms with E-state index in [0.29, 0.717) is 18.2 Å². The molecule has 0 atom stereocenters. The largest absolute Gasteiger partial charge is 0.381 e. The highest BCUT2D eigenvalue weighted by atomic mass is 15.6. The van der Waals surface area contributed by atoms with Crippen molar-refractivity contribution in [3.63, 3.8) is 0 Å². The Labute approximate surface area is 102 Å². The van der Waals surface area contributed by atoms with Gasteiger partial charge >= 0.3 is 0 Å². The van der Waals surface area contributed by atoms with E-state index in [9.17, 15) is 0 Å². The van der Waals surface area contributed by atoms with Crippen molar-refractivity contribution in [3.8, 4) is 5.69 Å². The molecule has 0 bridgehead atoms. The monoisotopic (exact) mass is 242 g/mol. The standard InChI is InChI=1S/C10H10N8/c11-9-6-17(15-12-9)7-10-13-14-16-18(10)8-4-2-1-3-5-8/h1-6H,7,11H2. The number of benzene rings is 1. The first-order valence-corrected chi connectivity index (χ1v) is 5.31. The van der Waals surface area contributed by atoms with Crippen LogP contribution in [-0.4, -0.2) is 35.2 Å². The zero-order chi connectivity index (χ0) is 12.4. The summed E-state index contributed by atoms with van der Waals surface area (Å²) >= 11 is 0. The van der Waals surface area contributed by atoms with Crippen LogP contribution in [0.3, 0.4) is 0 Å². The minimum Gasteiger partial charge on any atom is -0.381 e. The number of hydrogen-bond acceptors (Lipinski definition) is 6. The molecule has 0 unspecified atom stereocenters. The number of para-hydroxylation sites is 1. The first kappa shape index (κ1) is 10.4. The van der Waals surface area contributed by atoms with Crippen LogP contribution in [0.15, 0.2) is 36.5 Å². The van der Waals surface area contributed by atoms with Gasteiger partial charge in [-0.2, -0.15) is 4.68 Å². The fraction of sp³-hybridized carbons (Fsp3) is 0.100. The predicted molar refractivity (Wildman–Crippen MR) is 62.7 cm³/mol. The average molecular weight is 242 g/mol. The molecule has 0 radical (unpaired) electrons. The quantitative estimate of drug-likeness (QED) is 0.687. The topological polar surface area (TPSA) is 100 Å². The van der Waals surface area contributed by atoms with Crippen LogP contribution < -0.4 is 5.73 Å². The molecule has 8 heteroatoms. The van der Waals surface area contributed by atoms with Crippen LogP contribution in [0.5, 0.6) is 0 Å². The smallest absolute Gasteiger partial charge is 0.178 e. The molecular weight excluding hydrogens is 232 g/mol. The third kappa shape index (κ3) is 1.90. The lowest BCUT2D eigenvalue weighted by molar-refractivity contribution is 0.609. The number of rotatable bonds is 3. The van der Waals surface area contributed by atoms with Crippen LogP contribution in [0.25, 0.3) is 5.69 Å². The SMILES string of the molecule is Nc1cn(Cc2nnnn2-c2ccccc2)nn1. The fourth-order valence-electron chi connectivity index (χ4n) is 1.61. The highest BCUT2D eigenvalue weighted by Gasteiger charge is 2.09. The Morgan fingerprint density at radius 1 is 1.06 bits per heavy atom. The van der Waals surface area contributed by atoms with E-state index in [1.807, 2.05) is 30.3 Å². The van der Waals surface area contributed by atoms with E-state index in [2.05, 4.69) is 25.8 Å². The Hall–Kier alpha value is -2.77. The molecule has 3 rings (SSSR count). The van der Waals surface area contributed by atoms with Crippen LogP contribution >= 0.6 is 0 Å². The van der Waals surface area contributed by atoms with Gasteiger partial charge in [0.05, 0.1) is 11.9 Å². The fourth-order valence-corrected chi connectivity index (χ4v) is 1.61. The zero-order valence-electron chi connectivity index (χ0n) is 9.38. The number of nitrogen functional groups attached to an aromatic ring is 1. The molecule has 2 N–H and O–H groups in total. The molecular formula is C10H10N8. The van der Waals surface area contributed by atoms with Crippen LogP contribution in [0.4, 0.5) is 5.82 Å². The van der Waals surface area contributed by atoms with Gasteiger partial charge in [0.15, 0.2) is 11.6 Å². The zero-order valence-corrected chi connectivity index (χ0v) is 9.38. The molecule has 0 saturated heterocycles. The highest BCUT2D eigenvalue weighted by molar-refractivity contribution is 5.30. The van der Waals surface area contributed by atoms with Crippen LogP contribution in [-0.2, 0) is 6.54 Å². The summed E-state index contributed by atoms with van der Waals surface area (Å²) in [4.78, 5) is 0. The summed E-state index contributed by atoms with van der Waals surface area (Å²) in [5.41, 5.74) is 6.40. The number of aromatic nitrogens is 7. The van der Waals surface area contributed by atoms with Crippen molar-refractivity contribution in [3.05, 3.63) is 42.4 Å². The summed E-state index contributed by atoms with van der Waals surface area (Å²) in [6.45, 7) is 0.409. The Kier molecular flexibility index (Phi) is 2.45. The van der Waals surface area contributed by atoms with Gasteiger partial charge in [0, 0.05) is 0 Å². The second-order valence-corrected chi connectivity index (χ2v) is 3.68. The predicted octanol–water partition coefficient (Wildman–Crippen LogP) is -0.116. The van der Waals surface area contributed by atoms with Crippen molar-refractivity contribution in [2.45, 2.75) is 6.54 Å². The molecule has 3 aromatic rings.